The number of hydrogen-bond acceptors (Lipinski definition) is 8. The molecule has 31 heavy (non-hydrogen) atoms. The topological polar surface area (TPSA) is 77.8 Å². The Morgan fingerprint density at radius 3 is 1.94 bits per heavy atom. The molecule has 0 aromatic heterocycles. The molecule has 0 fully saturated rings. The zero-order valence-corrected chi connectivity index (χ0v) is 21.9. The first-order valence-electron chi connectivity index (χ1n) is 11.2. The Labute approximate surface area is 209 Å². The lowest BCUT2D eigenvalue weighted by Gasteiger charge is -2.19. The molecule has 1 atom stereocenters. The van der Waals surface area contributed by atoms with Gasteiger partial charge < -0.3 is 15.3 Å². The van der Waals surface area contributed by atoms with Gasteiger partial charge in [0.2, 0.25) is 0 Å². The number of rotatable bonds is 16. The number of aromatic hydroxyl groups is 3. The van der Waals surface area contributed by atoms with Crippen molar-refractivity contribution in [2.45, 2.75) is 93.1 Å². The molecule has 1 rings (SSSR count). The van der Waals surface area contributed by atoms with Crippen LogP contribution in [0.3, 0.4) is 0 Å². The van der Waals surface area contributed by atoms with Gasteiger partial charge in [0.1, 0.15) is 22.8 Å². The summed E-state index contributed by atoms with van der Waals surface area (Å²) in [4.78, 5) is 12.5. The van der Waals surface area contributed by atoms with Gasteiger partial charge in [-0.05, 0) is 25.2 Å². The van der Waals surface area contributed by atoms with Gasteiger partial charge >= 0.3 is 0 Å². The van der Waals surface area contributed by atoms with E-state index in [0.717, 1.165) is 38.2 Å². The number of carbonyl (C=O) groups is 1. The van der Waals surface area contributed by atoms with Crippen molar-refractivity contribution in [1.29, 1.82) is 0 Å². The minimum absolute atomic E-state index is 0.0312. The van der Waals surface area contributed by atoms with Crippen LogP contribution in [-0.2, 0) is 0 Å². The van der Waals surface area contributed by atoms with E-state index < -0.39 is 16.1 Å². The molecule has 1 aromatic carbocycles. The highest BCUT2D eigenvalue weighted by Crippen LogP contribution is 2.44. The van der Waals surface area contributed by atoms with Gasteiger partial charge in [0.15, 0.2) is 5.78 Å². The molecule has 3 N–H and O–H groups in total. The molecule has 1 aromatic rings. The maximum Gasteiger partial charge on any atom is 0.170 e. The van der Waals surface area contributed by atoms with E-state index in [1.54, 1.807) is 0 Å². The van der Waals surface area contributed by atoms with E-state index in [1.165, 1.54) is 32.1 Å². The van der Waals surface area contributed by atoms with Gasteiger partial charge in [-0.25, -0.2) is 0 Å². The van der Waals surface area contributed by atoms with Crippen LogP contribution < -0.4 is 0 Å². The first-order valence-corrected chi connectivity index (χ1v) is 13.3. The summed E-state index contributed by atoms with van der Waals surface area (Å²) >= 11 is 17.3. The quantitative estimate of drug-likeness (QED) is 0.0554. The fourth-order valence-electron chi connectivity index (χ4n) is 3.81. The highest BCUT2D eigenvalue weighted by molar-refractivity contribution is 7.99. The number of carbonyl (C=O) groups excluding carboxylic acids is 1. The van der Waals surface area contributed by atoms with Crippen LogP contribution in [0.2, 0.25) is 0 Å². The Bertz CT molecular complexity index is 680. The Hall–Kier alpha value is -0.310. The molecular formula is C23H38O4S4. The average molecular weight is 507 g/mol. The summed E-state index contributed by atoms with van der Waals surface area (Å²) in [5, 5.41) is 30.2. The van der Waals surface area contributed by atoms with E-state index in [-0.39, 0.29) is 33.7 Å². The second kappa shape index (κ2) is 15.5. The molecule has 0 bridgehead atoms. The van der Waals surface area contributed by atoms with Crippen LogP contribution in [0.5, 0.6) is 17.2 Å². The second-order valence-corrected chi connectivity index (χ2v) is 11.1. The number of benzene rings is 1. The van der Waals surface area contributed by atoms with E-state index in [9.17, 15) is 20.1 Å². The molecule has 0 aliphatic rings. The fourth-order valence-corrected chi connectivity index (χ4v) is 4.91. The third kappa shape index (κ3) is 10.0. The summed E-state index contributed by atoms with van der Waals surface area (Å²) in [7, 11) is 0. The number of thiol groups is 4. The van der Waals surface area contributed by atoms with Gasteiger partial charge in [-0.3, -0.25) is 4.79 Å². The number of hydrogen-bond donors (Lipinski definition) is 7. The van der Waals surface area contributed by atoms with Gasteiger partial charge in [-0.15, -0.1) is 0 Å². The van der Waals surface area contributed by atoms with Crippen LogP contribution in [0.4, 0.5) is 0 Å². The summed E-state index contributed by atoms with van der Waals surface area (Å²) in [6.45, 7) is 2.22. The summed E-state index contributed by atoms with van der Waals surface area (Å²) in [6, 6.07) is 1.05. The van der Waals surface area contributed by atoms with Crippen molar-refractivity contribution >= 4 is 56.3 Å². The van der Waals surface area contributed by atoms with Crippen LogP contribution in [0.15, 0.2) is 6.07 Å². The number of unbranched alkanes of at least 4 members (excludes halogenated alkanes) is 7. The van der Waals surface area contributed by atoms with Crippen molar-refractivity contribution in [3.05, 3.63) is 17.2 Å². The first-order chi connectivity index (χ1) is 14.7. The largest absolute Gasteiger partial charge is 0.507 e. The molecule has 0 spiro atoms. The van der Waals surface area contributed by atoms with E-state index in [4.69, 9.17) is 0 Å². The molecule has 0 aliphatic carbocycles. The number of phenols is 3. The smallest absolute Gasteiger partial charge is 0.170 e. The Balaban J connectivity index is 2.37. The minimum atomic E-state index is -0.767. The predicted molar refractivity (Wildman–Crippen MR) is 143 cm³/mol. The summed E-state index contributed by atoms with van der Waals surface area (Å²) in [5.41, 5.74) is -0.135. The van der Waals surface area contributed by atoms with Gasteiger partial charge in [-0.1, -0.05) is 58.3 Å². The standard InChI is InChI=1S/C23H38O4S4/c1-2-3-4-8-11-15(22(28)29)12-9-6-5-7-10-13-16(24)19-17(25)14-18(26)20(21(19)27)23(30)31/h14-15,22-23,25-31H,2-13H2,1H3. The average Bonchev–Trinajstić information content (AvgIpc) is 2.67. The lowest BCUT2D eigenvalue weighted by Crippen LogP contribution is -2.09. The zero-order valence-electron chi connectivity index (χ0n) is 18.3. The van der Waals surface area contributed by atoms with Gasteiger partial charge in [-0.2, -0.15) is 50.5 Å². The molecule has 0 saturated heterocycles. The first kappa shape index (κ1) is 28.7. The predicted octanol–water partition coefficient (Wildman–Crippen LogP) is 7.35. The molecule has 178 valence electrons. The van der Waals surface area contributed by atoms with Crippen molar-refractivity contribution in [2.75, 3.05) is 0 Å². The Morgan fingerprint density at radius 2 is 1.39 bits per heavy atom. The van der Waals surface area contributed by atoms with Crippen molar-refractivity contribution in [2.24, 2.45) is 5.92 Å². The van der Waals surface area contributed by atoms with Crippen molar-refractivity contribution in [3.63, 3.8) is 0 Å². The van der Waals surface area contributed by atoms with Crippen LogP contribution in [0.25, 0.3) is 0 Å². The molecule has 0 aliphatic heterocycles. The molecule has 4 nitrogen and oxygen atoms in total. The molecule has 0 amide bonds. The third-order valence-electron chi connectivity index (χ3n) is 5.66. The third-order valence-corrected chi connectivity index (χ3v) is 7.02. The van der Waals surface area contributed by atoms with Gasteiger partial charge in [0.25, 0.3) is 0 Å². The molecular weight excluding hydrogens is 469 g/mol. The second-order valence-electron chi connectivity index (χ2n) is 8.18. The summed E-state index contributed by atoms with van der Waals surface area (Å²) < 4.78 is -0.638. The van der Waals surface area contributed by atoms with Crippen LogP contribution in [-0.4, -0.2) is 25.7 Å². The SMILES string of the molecule is CCCCCCC(CCCCCCCC(=O)c1c(O)cc(O)c(C(S)S)c1O)C(S)S. The molecule has 0 radical (unpaired) electrons. The van der Waals surface area contributed by atoms with E-state index in [0.29, 0.717) is 12.3 Å². The maximum atomic E-state index is 12.5. The monoisotopic (exact) mass is 506 g/mol. The van der Waals surface area contributed by atoms with E-state index in [2.05, 4.69) is 57.4 Å². The highest BCUT2D eigenvalue weighted by atomic mass is 32.2. The normalized spacial score (nSPS) is 12.6. The molecule has 1 unspecified atom stereocenters. The summed E-state index contributed by atoms with van der Waals surface area (Å²) in [6.07, 6.45) is 12.5. The lowest BCUT2D eigenvalue weighted by atomic mass is 9.95. The lowest BCUT2D eigenvalue weighted by molar-refractivity contribution is 0.0973. The summed E-state index contributed by atoms with van der Waals surface area (Å²) in [5.74, 6) is -1.02. The highest BCUT2D eigenvalue weighted by Gasteiger charge is 2.24. The van der Waals surface area contributed by atoms with Crippen LogP contribution in [0, 0.1) is 5.92 Å². The van der Waals surface area contributed by atoms with Crippen molar-refractivity contribution in [1.82, 2.24) is 0 Å². The fraction of sp³-hybridized carbons (Fsp3) is 0.696. The van der Waals surface area contributed by atoms with Crippen LogP contribution in [0.1, 0.15) is 104 Å². The molecule has 0 saturated carbocycles. The number of ketones is 1. The Morgan fingerprint density at radius 1 is 0.839 bits per heavy atom. The van der Waals surface area contributed by atoms with Crippen molar-refractivity contribution < 1.29 is 20.1 Å². The van der Waals surface area contributed by atoms with E-state index >= 15 is 0 Å². The molecule has 0 heterocycles. The van der Waals surface area contributed by atoms with Gasteiger partial charge in [0, 0.05) is 17.1 Å². The Kier molecular flexibility index (Phi) is 14.4. The number of phenolic OH excluding ortho intramolecular Hbond substituents is 3. The zero-order chi connectivity index (χ0) is 23.4. The van der Waals surface area contributed by atoms with Gasteiger partial charge in [0.05, 0.1) is 10.1 Å². The maximum absolute atomic E-state index is 12.5. The van der Waals surface area contributed by atoms with Crippen LogP contribution >= 0.6 is 50.5 Å². The molecule has 8 heteroatoms. The van der Waals surface area contributed by atoms with E-state index in [1.807, 2.05) is 0 Å². The number of Topliss-reactive ketones (excluding diaryl/α,β-unsaturated/α-hetero) is 1. The van der Waals surface area contributed by atoms with Crippen molar-refractivity contribution in [3.8, 4) is 17.2 Å². The minimum Gasteiger partial charge on any atom is -0.507 e.